The predicted molar refractivity (Wildman–Crippen MR) is 196 cm³/mol. The molecule has 2 aromatic heterocycles. The maximum absolute atomic E-state index is 13.2. The van der Waals surface area contributed by atoms with Gasteiger partial charge < -0.3 is 20.3 Å². The first-order chi connectivity index (χ1) is 23.2. The zero-order valence-electron chi connectivity index (χ0n) is 29.1. The number of nitrogens with zero attached hydrogens (tertiary/aromatic N) is 3. The molecule has 1 amide bonds. The van der Waals surface area contributed by atoms with E-state index in [9.17, 15) is 9.90 Å². The topological polar surface area (TPSA) is 84.5 Å². The Balaban J connectivity index is 1.31. The Morgan fingerprint density at radius 1 is 0.979 bits per heavy atom. The maximum Gasteiger partial charge on any atom is 0.229 e. The number of pyridine rings is 1. The third-order valence-electron chi connectivity index (χ3n) is 12.2. The average molecular weight is 648 g/mol. The van der Waals surface area contributed by atoms with E-state index in [-0.39, 0.29) is 17.4 Å². The van der Waals surface area contributed by atoms with Crippen molar-refractivity contribution in [3.63, 3.8) is 0 Å². The molecule has 1 spiro atoms. The van der Waals surface area contributed by atoms with E-state index in [0.717, 1.165) is 91.5 Å². The van der Waals surface area contributed by atoms with E-state index < -0.39 is 11.0 Å². The summed E-state index contributed by atoms with van der Waals surface area (Å²) in [6, 6.07) is 8.66. The summed E-state index contributed by atoms with van der Waals surface area (Å²) in [5.41, 5.74) is 3.33. The van der Waals surface area contributed by atoms with Gasteiger partial charge in [0.15, 0.2) is 0 Å². The summed E-state index contributed by atoms with van der Waals surface area (Å²) in [4.78, 5) is 27.5. The lowest BCUT2D eigenvalue weighted by Crippen LogP contribution is -2.65. The quantitative estimate of drug-likeness (QED) is 0.247. The number of nitrogens with one attached hydrogen (secondary N) is 2. The van der Waals surface area contributed by atoms with Crippen LogP contribution in [-0.2, 0) is 4.79 Å². The number of aliphatic hydroxyl groups is 1. The molecule has 7 heteroatoms. The molecular formula is C41H53N5O2. The van der Waals surface area contributed by atoms with E-state index in [2.05, 4.69) is 62.6 Å². The highest BCUT2D eigenvalue weighted by Crippen LogP contribution is 2.61. The van der Waals surface area contributed by atoms with Gasteiger partial charge in [-0.15, -0.1) is 0 Å². The monoisotopic (exact) mass is 647 g/mol. The van der Waals surface area contributed by atoms with Gasteiger partial charge in [-0.25, -0.2) is 0 Å². The van der Waals surface area contributed by atoms with Gasteiger partial charge in [-0.1, -0.05) is 57.2 Å². The first-order valence-electron chi connectivity index (χ1n) is 18.6. The standard InChI is InChI=1S/C41H53N5O2/c1-39(2,3)38(47)43-33-17-14-16-29-30-18-21-42-35(36(30)44-34(29)33)31-26-41(48)20-11-7-4-5-8-12-22-45-24-19-32(31)40(27-45)25-28-15-10-6-9-13-23-46(28)37(40)41/h4,7,10,14-18,21,26,28,32,37,44,48H,5-6,8-9,11-13,19-20,22-25,27H2,1-3H3,(H,43,47)/b7-4-,15-10-/t28-,32-,37+,40-,41-/m0/s1. The van der Waals surface area contributed by atoms with Crippen molar-refractivity contribution in [2.75, 3.05) is 31.5 Å². The zero-order valence-corrected chi connectivity index (χ0v) is 29.1. The zero-order chi connectivity index (χ0) is 33.1. The van der Waals surface area contributed by atoms with E-state index >= 15 is 0 Å². The predicted octanol–water partition coefficient (Wildman–Crippen LogP) is 7.84. The van der Waals surface area contributed by atoms with Crippen LogP contribution in [0, 0.1) is 16.7 Å². The Morgan fingerprint density at radius 3 is 2.62 bits per heavy atom. The lowest BCUT2D eigenvalue weighted by Gasteiger charge is -2.58. The summed E-state index contributed by atoms with van der Waals surface area (Å²) in [5.74, 6) is 0.286. The molecule has 5 aliphatic rings. The molecule has 3 aromatic rings. The fourth-order valence-electron chi connectivity index (χ4n) is 10.1. The molecule has 8 rings (SSSR count). The van der Waals surface area contributed by atoms with Crippen LogP contribution in [0.25, 0.3) is 27.4 Å². The molecule has 7 nitrogen and oxygen atoms in total. The van der Waals surface area contributed by atoms with Gasteiger partial charge in [0.1, 0.15) is 0 Å². The first kappa shape index (κ1) is 32.0. The van der Waals surface area contributed by atoms with Crippen molar-refractivity contribution in [1.29, 1.82) is 0 Å². The number of aromatic nitrogens is 2. The number of amides is 1. The second-order valence-corrected chi connectivity index (χ2v) is 16.4. The Kier molecular flexibility index (Phi) is 8.16. The number of aromatic amines is 1. The number of H-pyrrole nitrogens is 1. The summed E-state index contributed by atoms with van der Waals surface area (Å²) in [5, 5.41) is 18.6. The van der Waals surface area contributed by atoms with Gasteiger partial charge in [0, 0.05) is 40.4 Å². The smallest absolute Gasteiger partial charge is 0.229 e. The molecule has 3 bridgehead atoms. The Hall–Kier alpha value is -3.26. The number of piperidine rings is 1. The van der Waals surface area contributed by atoms with Crippen molar-refractivity contribution in [1.82, 2.24) is 19.8 Å². The van der Waals surface area contributed by atoms with Crippen molar-refractivity contribution in [3.05, 3.63) is 66.5 Å². The Bertz CT molecular complexity index is 1800. The number of hydrogen-bond acceptors (Lipinski definition) is 5. The lowest BCUT2D eigenvalue weighted by molar-refractivity contribution is -0.123. The van der Waals surface area contributed by atoms with Crippen LogP contribution in [0.4, 0.5) is 5.69 Å². The SMILES string of the molecule is CC(C)(C)C(=O)Nc1cccc2c1[nH]c1c(C3=C[C@@]4(O)CC/C=C\CCCCN5CC[C@@H]3[C@]3(C[C@@H]6/C=C\CCCCN6[C@H]34)C5)nccc12. The number of allylic oxidation sites excluding steroid dienone is 4. The summed E-state index contributed by atoms with van der Waals surface area (Å²) >= 11 is 0. The molecule has 0 radical (unpaired) electrons. The van der Waals surface area contributed by atoms with Crippen LogP contribution >= 0.6 is 0 Å². The number of para-hydroxylation sites is 1. The van der Waals surface area contributed by atoms with Crippen molar-refractivity contribution < 1.29 is 9.90 Å². The third-order valence-corrected chi connectivity index (χ3v) is 12.2. The number of benzene rings is 1. The third kappa shape index (κ3) is 5.37. The molecule has 6 heterocycles. The molecule has 6 atom stereocenters. The second-order valence-electron chi connectivity index (χ2n) is 16.4. The van der Waals surface area contributed by atoms with E-state index in [1.54, 1.807) is 0 Å². The fraction of sp³-hybridized carbons (Fsp3) is 0.561. The van der Waals surface area contributed by atoms with Gasteiger partial charge in [-0.2, -0.15) is 0 Å². The summed E-state index contributed by atoms with van der Waals surface area (Å²) in [7, 11) is 0. The largest absolute Gasteiger partial charge is 0.384 e. The fourth-order valence-corrected chi connectivity index (χ4v) is 10.1. The van der Waals surface area contributed by atoms with Crippen LogP contribution in [0.15, 0.2) is 60.8 Å². The number of anilines is 1. The van der Waals surface area contributed by atoms with Gasteiger partial charge in [0.05, 0.1) is 34.1 Å². The average Bonchev–Trinajstić information content (AvgIpc) is 3.57. The molecule has 4 aliphatic heterocycles. The van der Waals surface area contributed by atoms with Gasteiger partial charge in [0.2, 0.25) is 5.91 Å². The second kappa shape index (κ2) is 12.3. The molecule has 1 unspecified atom stereocenters. The highest BCUT2D eigenvalue weighted by atomic mass is 16.3. The molecular weight excluding hydrogens is 594 g/mol. The minimum atomic E-state index is -0.975. The molecule has 48 heavy (non-hydrogen) atoms. The van der Waals surface area contributed by atoms with Crippen LogP contribution in [0.2, 0.25) is 0 Å². The van der Waals surface area contributed by atoms with E-state index in [4.69, 9.17) is 4.98 Å². The molecule has 254 valence electrons. The summed E-state index contributed by atoms with van der Waals surface area (Å²) in [6.07, 6.45) is 24.6. The summed E-state index contributed by atoms with van der Waals surface area (Å²) < 4.78 is 0. The number of hydrogen-bond donors (Lipinski definition) is 3. The number of rotatable bonds is 2. The van der Waals surface area contributed by atoms with Gasteiger partial charge in [-0.3, -0.25) is 14.7 Å². The van der Waals surface area contributed by atoms with Gasteiger partial charge in [-0.05, 0) is 114 Å². The number of fused-ring (bicyclic) bond motifs is 5. The lowest BCUT2D eigenvalue weighted by atomic mass is 9.54. The molecule has 0 saturated carbocycles. The van der Waals surface area contributed by atoms with Crippen LogP contribution in [0.1, 0.15) is 90.7 Å². The van der Waals surface area contributed by atoms with Gasteiger partial charge >= 0.3 is 0 Å². The first-order valence-corrected chi connectivity index (χ1v) is 18.6. The highest BCUT2D eigenvalue weighted by molar-refractivity contribution is 6.15. The normalized spacial score (nSPS) is 34.1. The van der Waals surface area contributed by atoms with Crippen molar-refractivity contribution in [2.24, 2.45) is 16.7 Å². The van der Waals surface area contributed by atoms with Crippen molar-refractivity contribution in [3.8, 4) is 0 Å². The minimum Gasteiger partial charge on any atom is -0.384 e. The molecule has 2 fully saturated rings. The van der Waals surface area contributed by atoms with E-state index in [1.807, 2.05) is 39.1 Å². The van der Waals surface area contributed by atoms with Crippen LogP contribution in [0.5, 0.6) is 0 Å². The molecule has 1 aliphatic carbocycles. The van der Waals surface area contributed by atoms with E-state index in [0.29, 0.717) is 18.4 Å². The van der Waals surface area contributed by atoms with Crippen molar-refractivity contribution >= 4 is 39.0 Å². The Morgan fingerprint density at radius 2 is 1.77 bits per heavy atom. The summed E-state index contributed by atoms with van der Waals surface area (Å²) in [6.45, 7) is 10.1. The van der Waals surface area contributed by atoms with Crippen LogP contribution in [-0.4, -0.2) is 74.6 Å². The highest BCUT2D eigenvalue weighted by Gasteiger charge is 2.65. The maximum atomic E-state index is 13.2. The number of carbonyl (C=O) groups is 1. The minimum absolute atomic E-state index is 0.0110. The number of carbonyl (C=O) groups excluding carboxylic acids is 1. The molecule has 3 N–H and O–H groups in total. The van der Waals surface area contributed by atoms with Crippen LogP contribution in [0.3, 0.4) is 0 Å². The van der Waals surface area contributed by atoms with Gasteiger partial charge in [0.25, 0.3) is 0 Å². The molecule has 1 aromatic carbocycles. The van der Waals surface area contributed by atoms with Crippen LogP contribution < -0.4 is 5.32 Å². The van der Waals surface area contributed by atoms with E-state index in [1.165, 1.54) is 31.3 Å². The van der Waals surface area contributed by atoms with Crippen molar-refractivity contribution in [2.45, 2.75) is 103 Å². The molecule has 2 saturated heterocycles. The Labute approximate surface area is 285 Å².